The summed E-state index contributed by atoms with van der Waals surface area (Å²) in [6.07, 6.45) is 2.65. The fourth-order valence-electron chi connectivity index (χ4n) is 4.45. The average molecular weight is 681 g/mol. The van der Waals surface area contributed by atoms with E-state index >= 15 is 0 Å². The summed E-state index contributed by atoms with van der Waals surface area (Å²) in [6, 6.07) is 17.0. The van der Waals surface area contributed by atoms with Crippen molar-refractivity contribution >= 4 is 46.6 Å². The molecule has 0 aliphatic carbocycles. The summed E-state index contributed by atoms with van der Waals surface area (Å²) in [5.41, 5.74) is 0.516. The third kappa shape index (κ3) is 9.60. The second kappa shape index (κ2) is 15.2. The van der Waals surface area contributed by atoms with Gasteiger partial charge in [0.15, 0.2) is 11.6 Å². The van der Waals surface area contributed by atoms with Gasteiger partial charge in [-0.1, -0.05) is 61.3 Å². The number of benzene rings is 2. The summed E-state index contributed by atoms with van der Waals surface area (Å²) < 4.78 is 0. The number of pyridine rings is 2. The lowest BCUT2D eigenvalue weighted by Crippen LogP contribution is -2.36. The zero-order valence-electron chi connectivity index (χ0n) is 26.5. The predicted octanol–water partition coefficient (Wildman–Crippen LogP) is 7.24. The van der Waals surface area contributed by atoms with Crippen LogP contribution in [-0.4, -0.2) is 55.8 Å². The standard InChI is InChI=1S/C18H19ClN2O3.C17H16ClNO4/c1-18(2,17(24)20-3)9-15(23)16-14(22)8-12(10-21-16)11-5-4-6-13(19)7-11;1-17(2,16(22)23)8-14(21)15-13(20)7-11(9-19-15)10-4-3-5-12(18)6-10/h4-8,10,22H,9H2,1-3H3,(H,20,24);3-7,9,20H,8H2,1-2H3,(H,22,23). The zero-order valence-corrected chi connectivity index (χ0v) is 28.0. The number of aromatic hydroxyl groups is 2. The van der Waals surface area contributed by atoms with Crippen molar-refractivity contribution in [3.8, 4) is 33.8 Å². The molecule has 0 aliphatic rings. The summed E-state index contributed by atoms with van der Waals surface area (Å²) in [4.78, 5) is 55.5. The van der Waals surface area contributed by atoms with E-state index in [9.17, 15) is 29.4 Å². The molecule has 246 valence electrons. The van der Waals surface area contributed by atoms with Crippen LogP contribution in [0.5, 0.6) is 11.5 Å². The molecule has 0 unspecified atom stereocenters. The molecule has 0 atom stereocenters. The maximum absolute atomic E-state index is 12.4. The Morgan fingerprint density at radius 3 is 1.43 bits per heavy atom. The molecule has 12 heteroatoms. The van der Waals surface area contributed by atoms with Crippen molar-refractivity contribution < 1.29 is 34.5 Å². The molecule has 47 heavy (non-hydrogen) atoms. The maximum atomic E-state index is 12.4. The first-order valence-electron chi connectivity index (χ1n) is 14.4. The van der Waals surface area contributed by atoms with Gasteiger partial charge in [-0.2, -0.15) is 0 Å². The summed E-state index contributed by atoms with van der Waals surface area (Å²) in [7, 11) is 1.52. The van der Waals surface area contributed by atoms with Gasteiger partial charge in [-0.05, 0) is 61.4 Å². The molecule has 2 aromatic carbocycles. The van der Waals surface area contributed by atoms with E-state index in [1.54, 1.807) is 56.3 Å². The quantitative estimate of drug-likeness (QED) is 0.126. The number of amides is 1. The summed E-state index contributed by atoms with van der Waals surface area (Å²) in [5, 5.41) is 33.0. The van der Waals surface area contributed by atoms with Gasteiger partial charge >= 0.3 is 5.97 Å². The number of ketones is 2. The molecule has 0 saturated carbocycles. The van der Waals surface area contributed by atoms with E-state index in [0.29, 0.717) is 21.2 Å². The molecule has 4 rings (SSSR count). The highest BCUT2D eigenvalue weighted by atomic mass is 35.5. The minimum absolute atomic E-state index is 0.0437. The van der Waals surface area contributed by atoms with E-state index in [1.807, 2.05) is 6.07 Å². The van der Waals surface area contributed by atoms with Crippen molar-refractivity contribution in [1.82, 2.24) is 15.3 Å². The molecule has 10 nitrogen and oxygen atoms in total. The first kappa shape index (κ1) is 36.7. The summed E-state index contributed by atoms with van der Waals surface area (Å²) in [6.45, 7) is 6.23. The van der Waals surface area contributed by atoms with E-state index in [1.165, 1.54) is 45.4 Å². The van der Waals surface area contributed by atoms with Gasteiger partial charge in [0.05, 0.1) is 10.8 Å². The number of rotatable bonds is 10. The molecule has 2 aromatic heterocycles. The molecule has 0 radical (unpaired) electrons. The number of aliphatic carboxylic acids is 1. The molecule has 0 bridgehead atoms. The van der Waals surface area contributed by atoms with Gasteiger partial charge in [0.2, 0.25) is 5.91 Å². The zero-order chi connectivity index (χ0) is 35.1. The molecular formula is C35H35Cl2N3O7. The van der Waals surface area contributed by atoms with Crippen molar-refractivity contribution in [2.45, 2.75) is 40.5 Å². The van der Waals surface area contributed by atoms with E-state index < -0.39 is 28.4 Å². The smallest absolute Gasteiger partial charge is 0.309 e. The van der Waals surface area contributed by atoms with E-state index in [-0.39, 0.29) is 41.6 Å². The number of carboxylic acid groups (broad SMARTS) is 1. The lowest BCUT2D eigenvalue weighted by Gasteiger charge is -2.21. The number of hydrogen-bond donors (Lipinski definition) is 4. The van der Waals surface area contributed by atoms with E-state index in [4.69, 9.17) is 28.3 Å². The van der Waals surface area contributed by atoms with Crippen LogP contribution in [0.2, 0.25) is 10.0 Å². The number of nitrogens with one attached hydrogen (secondary N) is 1. The number of halogens is 2. The molecule has 4 N–H and O–H groups in total. The second-order valence-corrected chi connectivity index (χ2v) is 12.9. The minimum Gasteiger partial charge on any atom is -0.506 e. The lowest BCUT2D eigenvalue weighted by molar-refractivity contribution is -0.146. The number of nitrogens with zero attached hydrogens (tertiary/aromatic N) is 2. The Bertz CT molecular complexity index is 1820. The number of carbonyl (C=O) groups is 4. The Morgan fingerprint density at radius 2 is 1.09 bits per heavy atom. The molecule has 1 amide bonds. The van der Waals surface area contributed by atoms with Crippen LogP contribution in [0.3, 0.4) is 0 Å². The van der Waals surface area contributed by atoms with Gasteiger partial charge in [-0.15, -0.1) is 0 Å². The first-order chi connectivity index (χ1) is 21.9. The van der Waals surface area contributed by atoms with E-state index in [2.05, 4.69) is 15.3 Å². The number of Topliss-reactive ketones (excluding diaryl/α,β-unsaturated/α-hetero) is 2. The Balaban J connectivity index is 0.000000256. The summed E-state index contributed by atoms with van der Waals surface area (Å²) >= 11 is 11.9. The maximum Gasteiger partial charge on any atom is 0.309 e. The highest BCUT2D eigenvalue weighted by molar-refractivity contribution is 6.31. The van der Waals surface area contributed by atoms with Crippen molar-refractivity contribution in [3.63, 3.8) is 0 Å². The molecule has 0 aliphatic heterocycles. The molecule has 0 fully saturated rings. The predicted molar refractivity (Wildman–Crippen MR) is 180 cm³/mol. The third-order valence-electron chi connectivity index (χ3n) is 7.20. The molecular weight excluding hydrogens is 645 g/mol. The monoisotopic (exact) mass is 679 g/mol. The Labute approximate surface area is 282 Å². The number of aromatic nitrogens is 2. The van der Waals surface area contributed by atoms with Crippen molar-refractivity contribution in [3.05, 3.63) is 94.5 Å². The van der Waals surface area contributed by atoms with Crippen molar-refractivity contribution in [1.29, 1.82) is 0 Å². The van der Waals surface area contributed by atoms with Crippen LogP contribution in [-0.2, 0) is 9.59 Å². The highest BCUT2D eigenvalue weighted by Gasteiger charge is 2.32. The van der Waals surface area contributed by atoms with Gasteiger partial charge in [-0.3, -0.25) is 19.2 Å². The van der Waals surface area contributed by atoms with Crippen LogP contribution >= 0.6 is 23.2 Å². The van der Waals surface area contributed by atoms with Gasteiger partial charge in [-0.25, -0.2) is 9.97 Å². The van der Waals surface area contributed by atoms with Crippen LogP contribution in [0.1, 0.15) is 61.5 Å². The molecule has 2 heterocycles. The topological polar surface area (TPSA) is 167 Å². The highest BCUT2D eigenvalue weighted by Crippen LogP contribution is 2.31. The molecule has 0 saturated heterocycles. The Morgan fingerprint density at radius 1 is 0.681 bits per heavy atom. The van der Waals surface area contributed by atoms with Crippen LogP contribution in [0.25, 0.3) is 22.3 Å². The van der Waals surface area contributed by atoms with Crippen molar-refractivity contribution in [2.75, 3.05) is 7.05 Å². The normalized spacial score (nSPS) is 11.2. The fourth-order valence-corrected chi connectivity index (χ4v) is 4.83. The number of hydrogen-bond acceptors (Lipinski definition) is 8. The minimum atomic E-state index is -1.23. The van der Waals surface area contributed by atoms with Gasteiger partial charge in [0, 0.05) is 53.5 Å². The second-order valence-electron chi connectivity index (χ2n) is 12.1. The fraction of sp³-hybridized carbons (Fsp3) is 0.257. The van der Waals surface area contributed by atoms with Crippen molar-refractivity contribution in [2.24, 2.45) is 10.8 Å². The first-order valence-corrected chi connectivity index (χ1v) is 15.1. The van der Waals surface area contributed by atoms with Gasteiger partial charge in [0.1, 0.15) is 22.9 Å². The van der Waals surface area contributed by atoms with Crippen LogP contribution < -0.4 is 5.32 Å². The van der Waals surface area contributed by atoms with Crippen LogP contribution in [0, 0.1) is 10.8 Å². The van der Waals surface area contributed by atoms with Crippen LogP contribution in [0.4, 0.5) is 0 Å². The van der Waals surface area contributed by atoms with Crippen LogP contribution in [0.15, 0.2) is 73.1 Å². The number of carbonyl (C=O) groups excluding carboxylic acids is 3. The van der Waals surface area contributed by atoms with E-state index in [0.717, 1.165) is 11.1 Å². The third-order valence-corrected chi connectivity index (χ3v) is 7.68. The Kier molecular flexibility index (Phi) is 11.9. The summed E-state index contributed by atoms with van der Waals surface area (Å²) in [5.74, 6) is -2.74. The number of carboxylic acids is 1. The molecule has 0 spiro atoms. The Hall–Kier alpha value is -4.80. The largest absolute Gasteiger partial charge is 0.506 e. The van der Waals surface area contributed by atoms with Gasteiger partial charge in [0.25, 0.3) is 0 Å². The van der Waals surface area contributed by atoms with Gasteiger partial charge < -0.3 is 20.6 Å². The lowest BCUT2D eigenvalue weighted by atomic mass is 9.85. The average Bonchev–Trinajstić information content (AvgIpc) is 3.00. The SMILES string of the molecule is CC(C)(CC(=O)c1ncc(-c2cccc(Cl)c2)cc1O)C(=O)O.CNC(=O)C(C)(C)CC(=O)c1ncc(-c2cccc(Cl)c2)cc1O. The molecule has 4 aromatic rings.